The molecule has 166 valence electrons. The number of para-hydroxylation sites is 1. The number of nitrogens with one attached hydrogen (secondary N) is 1. The number of amides is 1. The predicted molar refractivity (Wildman–Crippen MR) is 120 cm³/mol. The molecule has 5 rings (SSSR count). The molecule has 0 spiro atoms. The zero-order valence-corrected chi connectivity index (χ0v) is 18.3. The van der Waals surface area contributed by atoms with Crippen molar-refractivity contribution in [2.75, 3.05) is 32.6 Å². The van der Waals surface area contributed by atoms with E-state index in [1.54, 1.807) is 14.2 Å². The second-order valence-electron chi connectivity index (χ2n) is 8.46. The van der Waals surface area contributed by atoms with Gasteiger partial charge < -0.3 is 19.4 Å². The minimum absolute atomic E-state index is 0.240. The number of carbonyl (C=O) groups is 1. The Morgan fingerprint density at radius 2 is 1.78 bits per heavy atom. The molecule has 8 nitrogen and oxygen atoms in total. The van der Waals surface area contributed by atoms with Crippen LogP contribution >= 0.6 is 0 Å². The van der Waals surface area contributed by atoms with Crippen molar-refractivity contribution in [2.24, 2.45) is 11.8 Å². The zero-order valence-electron chi connectivity index (χ0n) is 18.3. The highest BCUT2D eigenvalue weighted by Gasteiger charge is 2.39. The van der Waals surface area contributed by atoms with E-state index in [0.29, 0.717) is 23.3 Å². The van der Waals surface area contributed by atoms with E-state index in [9.17, 15) is 4.79 Å². The van der Waals surface area contributed by atoms with E-state index >= 15 is 0 Å². The third-order valence-corrected chi connectivity index (χ3v) is 6.48. The van der Waals surface area contributed by atoms with Gasteiger partial charge in [-0.1, -0.05) is 18.2 Å². The normalized spacial score (nSPS) is 19.8. The number of likely N-dealkylation sites (tertiary alicyclic amines) is 1. The largest absolute Gasteiger partial charge is 0.497 e. The lowest BCUT2D eigenvalue weighted by molar-refractivity contribution is 0.100. The van der Waals surface area contributed by atoms with Crippen LogP contribution in [0.1, 0.15) is 22.0 Å². The van der Waals surface area contributed by atoms with Gasteiger partial charge in [-0.3, -0.25) is 9.69 Å². The average Bonchev–Trinajstić information content (AvgIpc) is 3.41. The first kappa shape index (κ1) is 20.5. The van der Waals surface area contributed by atoms with Crippen molar-refractivity contribution in [1.29, 1.82) is 0 Å². The first-order valence-electron chi connectivity index (χ1n) is 10.9. The van der Waals surface area contributed by atoms with Gasteiger partial charge in [0.1, 0.15) is 17.3 Å². The fourth-order valence-corrected chi connectivity index (χ4v) is 4.85. The molecule has 1 fully saturated rings. The van der Waals surface area contributed by atoms with Gasteiger partial charge in [0.2, 0.25) is 5.82 Å². The van der Waals surface area contributed by atoms with Crippen LogP contribution in [0, 0.1) is 11.8 Å². The van der Waals surface area contributed by atoms with Crippen molar-refractivity contribution in [3.05, 3.63) is 65.7 Å². The highest BCUT2D eigenvalue weighted by molar-refractivity contribution is 6.01. The Bertz CT molecular complexity index is 1110. The van der Waals surface area contributed by atoms with E-state index in [0.717, 1.165) is 49.9 Å². The number of aromatic nitrogens is 3. The van der Waals surface area contributed by atoms with Gasteiger partial charge in [-0.25, -0.2) is 0 Å². The van der Waals surface area contributed by atoms with E-state index in [4.69, 9.17) is 9.47 Å². The summed E-state index contributed by atoms with van der Waals surface area (Å²) in [4.78, 5) is 15.4. The molecule has 0 radical (unpaired) electrons. The van der Waals surface area contributed by atoms with E-state index < -0.39 is 0 Å². The maximum Gasteiger partial charge on any atom is 0.293 e. The van der Waals surface area contributed by atoms with Crippen LogP contribution in [0.2, 0.25) is 0 Å². The molecule has 0 unspecified atom stereocenters. The van der Waals surface area contributed by atoms with Crippen LogP contribution in [0.25, 0.3) is 0 Å². The Kier molecular flexibility index (Phi) is 5.53. The molecule has 2 aromatic carbocycles. The summed E-state index contributed by atoms with van der Waals surface area (Å²) in [5, 5.41) is 11.5. The van der Waals surface area contributed by atoms with Crippen LogP contribution in [-0.2, 0) is 19.5 Å². The Labute approximate surface area is 187 Å². The lowest BCUT2D eigenvalue weighted by atomic mass is 9.89. The molecule has 1 N–H and O–H groups in total. The summed E-state index contributed by atoms with van der Waals surface area (Å²) in [5.74, 6) is 3.70. The van der Waals surface area contributed by atoms with Crippen LogP contribution < -0.4 is 14.8 Å². The second kappa shape index (κ2) is 8.63. The standard InChI is InChI=1S/C24H27N5O3/c1-31-20-9-7-19(8-10-20)25-24(30)23-27-26-22-11-17-13-28(14-18(17)15-29(22)23)12-16-5-3-4-6-21(16)32-2/h3-10,17-18H,11-15H2,1-2H3,(H,25,30)/t17-,18-/m0/s1. The monoisotopic (exact) mass is 433 g/mol. The van der Waals surface area contributed by atoms with E-state index in [1.807, 2.05) is 41.0 Å². The van der Waals surface area contributed by atoms with Crippen molar-refractivity contribution in [3.8, 4) is 11.5 Å². The SMILES string of the molecule is COc1ccc(NC(=O)c2nnc3n2C[C@@H]2CN(Cc4ccccc4OC)C[C@@H]2C3)cc1. The van der Waals surface area contributed by atoms with Crippen LogP contribution in [-0.4, -0.2) is 52.9 Å². The molecule has 1 saturated heterocycles. The lowest BCUT2D eigenvalue weighted by Gasteiger charge is -2.25. The van der Waals surface area contributed by atoms with E-state index in [1.165, 1.54) is 5.56 Å². The third-order valence-electron chi connectivity index (χ3n) is 6.48. The Morgan fingerprint density at radius 3 is 2.56 bits per heavy atom. The van der Waals surface area contributed by atoms with E-state index in [2.05, 4.69) is 32.5 Å². The fraction of sp³-hybridized carbons (Fsp3) is 0.375. The van der Waals surface area contributed by atoms with Gasteiger partial charge in [0.15, 0.2) is 0 Å². The minimum Gasteiger partial charge on any atom is -0.497 e. The molecule has 2 aliphatic heterocycles. The van der Waals surface area contributed by atoms with Crippen molar-refractivity contribution in [3.63, 3.8) is 0 Å². The number of methoxy groups -OCH3 is 2. The summed E-state index contributed by atoms with van der Waals surface area (Å²) in [6, 6.07) is 15.4. The molecular formula is C24H27N5O3. The van der Waals surface area contributed by atoms with Crippen LogP contribution in [0.15, 0.2) is 48.5 Å². The van der Waals surface area contributed by atoms with Gasteiger partial charge in [0.05, 0.1) is 14.2 Å². The third kappa shape index (κ3) is 3.93. The van der Waals surface area contributed by atoms with Gasteiger partial charge in [-0.15, -0.1) is 10.2 Å². The summed E-state index contributed by atoms with van der Waals surface area (Å²) in [5.41, 5.74) is 1.90. The number of anilines is 1. The molecule has 0 saturated carbocycles. The molecule has 3 aromatic rings. The molecule has 2 atom stereocenters. The van der Waals surface area contributed by atoms with Gasteiger partial charge in [0, 0.05) is 43.9 Å². The quantitative estimate of drug-likeness (QED) is 0.644. The summed E-state index contributed by atoms with van der Waals surface area (Å²) >= 11 is 0. The van der Waals surface area contributed by atoms with Crippen LogP contribution in [0.4, 0.5) is 5.69 Å². The number of hydrogen-bond acceptors (Lipinski definition) is 6. The Hall–Kier alpha value is -3.39. The summed E-state index contributed by atoms with van der Waals surface area (Å²) < 4.78 is 12.7. The number of nitrogens with zero attached hydrogens (tertiary/aromatic N) is 4. The van der Waals surface area contributed by atoms with Gasteiger partial charge in [-0.2, -0.15) is 0 Å². The number of hydrogen-bond donors (Lipinski definition) is 1. The maximum absolute atomic E-state index is 12.9. The number of rotatable bonds is 6. The average molecular weight is 434 g/mol. The molecule has 32 heavy (non-hydrogen) atoms. The highest BCUT2D eigenvalue weighted by Crippen LogP contribution is 2.34. The van der Waals surface area contributed by atoms with Gasteiger partial charge in [-0.05, 0) is 42.2 Å². The molecule has 0 aliphatic carbocycles. The van der Waals surface area contributed by atoms with Crippen LogP contribution in [0.3, 0.4) is 0 Å². The van der Waals surface area contributed by atoms with Crippen molar-refractivity contribution in [2.45, 2.75) is 19.5 Å². The fourth-order valence-electron chi connectivity index (χ4n) is 4.85. The number of carbonyl (C=O) groups excluding carboxylic acids is 1. The van der Waals surface area contributed by atoms with Crippen molar-refractivity contribution in [1.82, 2.24) is 19.7 Å². The molecule has 3 heterocycles. The first-order chi connectivity index (χ1) is 15.6. The molecular weight excluding hydrogens is 406 g/mol. The highest BCUT2D eigenvalue weighted by atomic mass is 16.5. The predicted octanol–water partition coefficient (Wildman–Crippen LogP) is 2.85. The van der Waals surface area contributed by atoms with Crippen LogP contribution in [0.5, 0.6) is 11.5 Å². The second-order valence-corrected chi connectivity index (χ2v) is 8.46. The topological polar surface area (TPSA) is 81.5 Å². The number of benzene rings is 2. The number of ether oxygens (including phenoxy) is 2. The van der Waals surface area contributed by atoms with Gasteiger partial charge >= 0.3 is 0 Å². The summed E-state index contributed by atoms with van der Waals surface area (Å²) in [6.07, 6.45) is 0.843. The van der Waals surface area contributed by atoms with Crippen molar-refractivity contribution >= 4 is 11.6 Å². The zero-order chi connectivity index (χ0) is 22.1. The minimum atomic E-state index is -0.240. The summed E-state index contributed by atoms with van der Waals surface area (Å²) in [6.45, 7) is 3.63. The smallest absolute Gasteiger partial charge is 0.293 e. The summed E-state index contributed by atoms with van der Waals surface area (Å²) in [7, 11) is 3.33. The Balaban J connectivity index is 1.26. The Morgan fingerprint density at radius 1 is 1.00 bits per heavy atom. The van der Waals surface area contributed by atoms with E-state index in [-0.39, 0.29) is 5.91 Å². The number of fused-ring (bicyclic) bond motifs is 2. The van der Waals surface area contributed by atoms with Gasteiger partial charge in [0.25, 0.3) is 5.91 Å². The molecule has 8 heteroatoms. The molecule has 2 aliphatic rings. The molecule has 1 aromatic heterocycles. The first-order valence-corrected chi connectivity index (χ1v) is 10.9. The lowest BCUT2D eigenvalue weighted by Crippen LogP contribution is -2.31. The van der Waals surface area contributed by atoms with Crippen molar-refractivity contribution < 1.29 is 14.3 Å². The maximum atomic E-state index is 12.9. The molecule has 1 amide bonds. The molecule has 0 bridgehead atoms.